The molecule has 3 N–H and O–H groups in total. The van der Waals surface area contributed by atoms with Gasteiger partial charge in [-0.3, -0.25) is 9.59 Å². The molecule has 84 valence electrons. The molecule has 0 fully saturated rings. The maximum atomic E-state index is 10.6. The standard InChI is InChI=1S/C8H9NO2.C3H3NO/c1-11-7-4-2-6(3-5-7)8(9)10;5-3-1-2-4-3/h2-5H,1H3,(H2,9,10);1-2H,(H,4,5). The first-order chi connectivity index (χ1) is 7.63. The van der Waals surface area contributed by atoms with Gasteiger partial charge in [0.05, 0.1) is 7.11 Å². The van der Waals surface area contributed by atoms with Gasteiger partial charge in [-0.05, 0) is 24.3 Å². The Bertz CT molecular complexity index is 410. The summed E-state index contributed by atoms with van der Waals surface area (Å²) < 4.78 is 4.90. The van der Waals surface area contributed by atoms with Crippen molar-refractivity contribution < 1.29 is 14.3 Å². The van der Waals surface area contributed by atoms with E-state index in [4.69, 9.17) is 10.5 Å². The second-order valence-corrected chi connectivity index (χ2v) is 2.93. The lowest BCUT2D eigenvalue weighted by molar-refractivity contribution is -0.117. The molecule has 5 nitrogen and oxygen atoms in total. The number of benzene rings is 1. The number of rotatable bonds is 2. The number of amides is 2. The summed E-state index contributed by atoms with van der Waals surface area (Å²) in [5.41, 5.74) is 5.52. The summed E-state index contributed by atoms with van der Waals surface area (Å²) in [6, 6.07) is 6.64. The SMILES string of the molecule is COc1ccc(C(N)=O)cc1.O=C1C=CN1. The third kappa shape index (κ3) is 3.45. The summed E-state index contributed by atoms with van der Waals surface area (Å²) in [5.74, 6) is 0.299. The minimum atomic E-state index is -0.423. The normalized spacial score (nSPS) is 11.7. The summed E-state index contributed by atoms with van der Waals surface area (Å²) in [6.07, 6.45) is 3.07. The van der Waals surface area contributed by atoms with E-state index in [9.17, 15) is 9.59 Å². The lowest BCUT2D eigenvalue weighted by atomic mass is 10.2. The van der Waals surface area contributed by atoms with E-state index in [0.717, 1.165) is 5.75 Å². The third-order valence-electron chi connectivity index (χ3n) is 1.83. The van der Waals surface area contributed by atoms with Crippen molar-refractivity contribution in [2.24, 2.45) is 5.73 Å². The minimum absolute atomic E-state index is 0.00463. The fourth-order valence-electron chi connectivity index (χ4n) is 0.907. The van der Waals surface area contributed by atoms with Crippen LogP contribution in [-0.4, -0.2) is 18.9 Å². The first-order valence-corrected chi connectivity index (χ1v) is 4.54. The molecule has 0 aromatic heterocycles. The van der Waals surface area contributed by atoms with Crippen LogP contribution in [0.1, 0.15) is 10.4 Å². The molecule has 0 saturated carbocycles. The number of hydrogen-bond acceptors (Lipinski definition) is 3. The Morgan fingerprint density at radius 3 is 2.06 bits per heavy atom. The highest BCUT2D eigenvalue weighted by Crippen LogP contribution is 2.10. The molecule has 1 aromatic rings. The molecule has 1 heterocycles. The number of ether oxygens (including phenoxy) is 1. The number of primary amides is 1. The van der Waals surface area contributed by atoms with Gasteiger partial charge in [0.15, 0.2) is 0 Å². The predicted octanol–water partition coefficient (Wildman–Crippen LogP) is 0.424. The molecule has 0 atom stereocenters. The van der Waals surface area contributed by atoms with Crippen LogP contribution in [0, 0.1) is 0 Å². The highest BCUT2D eigenvalue weighted by molar-refractivity contribution is 5.93. The molecule has 1 aromatic carbocycles. The lowest BCUT2D eigenvalue weighted by Gasteiger charge is -1.98. The molecular weight excluding hydrogens is 208 g/mol. The van der Waals surface area contributed by atoms with Gasteiger partial charge >= 0.3 is 0 Å². The van der Waals surface area contributed by atoms with Gasteiger partial charge in [0, 0.05) is 17.8 Å². The van der Waals surface area contributed by atoms with E-state index < -0.39 is 5.91 Å². The fourth-order valence-corrected chi connectivity index (χ4v) is 0.907. The van der Waals surface area contributed by atoms with Gasteiger partial charge in [-0.2, -0.15) is 0 Å². The monoisotopic (exact) mass is 220 g/mol. The van der Waals surface area contributed by atoms with Crippen molar-refractivity contribution in [1.82, 2.24) is 5.32 Å². The van der Waals surface area contributed by atoms with E-state index in [-0.39, 0.29) is 5.91 Å². The fraction of sp³-hybridized carbons (Fsp3) is 0.0909. The van der Waals surface area contributed by atoms with E-state index in [1.807, 2.05) is 0 Å². The first-order valence-electron chi connectivity index (χ1n) is 4.54. The average Bonchev–Trinajstić information content (AvgIpc) is 2.27. The zero-order valence-electron chi connectivity index (χ0n) is 8.77. The predicted molar refractivity (Wildman–Crippen MR) is 58.8 cm³/mol. The molecule has 0 bridgehead atoms. The van der Waals surface area contributed by atoms with Gasteiger partial charge in [-0.15, -0.1) is 0 Å². The molecule has 5 heteroatoms. The summed E-state index contributed by atoms with van der Waals surface area (Å²) in [6.45, 7) is 0. The van der Waals surface area contributed by atoms with Crippen LogP contribution in [0.15, 0.2) is 36.5 Å². The first kappa shape index (κ1) is 11.8. The summed E-state index contributed by atoms with van der Waals surface area (Å²) in [5, 5.41) is 2.39. The van der Waals surface area contributed by atoms with Gasteiger partial charge in [0.25, 0.3) is 0 Å². The Hall–Kier alpha value is -2.30. The number of methoxy groups -OCH3 is 1. The Morgan fingerprint density at radius 2 is 1.81 bits per heavy atom. The Kier molecular flexibility index (Phi) is 4.08. The van der Waals surface area contributed by atoms with Crippen molar-refractivity contribution in [3.05, 3.63) is 42.1 Å². The molecule has 1 aliphatic rings. The Labute approximate surface area is 92.9 Å². The zero-order valence-corrected chi connectivity index (χ0v) is 8.77. The van der Waals surface area contributed by atoms with Gasteiger partial charge in [-0.25, -0.2) is 0 Å². The van der Waals surface area contributed by atoms with E-state index in [2.05, 4.69) is 5.32 Å². The van der Waals surface area contributed by atoms with E-state index in [1.54, 1.807) is 37.6 Å². The van der Waals surface area contributed by atoms with Gasteiger partial charge in [0.2, 0.25) is 11.8 Å². The summed E-state index contributed by atoms with van der Waals surface area (Å²) in [4.78, 5) is 20.3. The van der Waals surface area contributed by atoms with Crippen LogP contribution in [0.2, 0.25) is 0 Å². The Morgan fingerprint density at radius 1 is 1.31 bits per heavy atom. The van der Waals surface area contributed by atoms with Crippen molar-refractivity contribution in [1.29, 1.82) is 0 Å². The second kappa shape index (κ2) is 5.55. The molecular formula is C11H12N2O3. The van der Waals surface area contributed by atoms with E-state index >= 15 is 0 Å². The zero-order chi connectivity index (χ0) is 12.0. The highest BCUT2D eigenvalue weighted by Gasteiger charge is 1.98. The van der Waals surface area contributed by atoms with Crippen LogP contribution in [0.25, 0.3) is 0 Å². The average molecular weight is 220 g/mol. The van der Waals surface area contributed by atoms with Crippen LogP contribution < -0.4 is 15.8 Å². The van der Waals surface area contributed by atoms with Crippen molar-refractivity contribution in [3.63, 3.8) is 0 Å². The molecule has 0 saturated heterocycles. The van der Waals surface area contributed by atoms with Gasteiger partial charge in [0.1, 0.15) is 5.75 Å². The molecule has 2 amide bonds. The maximum Gasteiger partial charge on any atom is 0.249 e. The number of hydrogen-bond donors (Lipinski definition) is 2. The molecule has 0 radical (unpaired) electrons. The van der Waals surface area contributed by atoms with Crippen LogP contribution in [0.4, 0.5) is 0 Å². The van der Waals surface area contributed by atoms with Crippen molar-refractivity contribution in [2.45, 2.75) is 0 Å². The molecule has 0 unspecified atom stereocenters. The number of carbonyl (C=O) groups excluding carboxylic acids is 2. The lowest BCUT2D eigenvalue weighted by Crippen LogP contribution is -2.22. The van der Waals surface area contributed by atoms with Crippen LogP contribution >= 0.6 is 0 Å². The minimum Gasteiger partial charge on any atom is -0.497 e. The molecule has 16 heavy (non-hydrogen) atoms. The Balaban J connectivity index is 0.000000212. The van der Waals surface area contributed by atoms with E-state index in [1.165, 1.54) is 6.08 Å². The summed E-state index contributed by atoms with van der Waals surface area (Å²) >= 11 is 0. The van der Waals surface area contributed by atoms with Gasteiger partial charge < -0.3 is 15.8 Å². The number of nitrogens with two attached hydrogens (primary N) is 1. The maximum absolute atomic E-state index is 10.6. The van der Waals surface area contributed by atoms with Crippen LogP contribution in [0.3, 0.4) is 0 Å². The number of nitrogens with one attached hydrogen (secondary N) is 1. The van der Waals surface area contributed by atoms with Crippen molar-refractivity contribution in [3.8, 4) is 5.75 Å². The van der Waals surface area contributed by atoms with E-state index in [0.29, 0.717) is 5.56 Å². The van der Waals surface area contributed by atoms with Crippen LogP contribution in [-0.2, 0) is 4.79 Å². The molecule has 0 aliphatic carbocycles. The molecule has 2 rings (SSSR count). The van der Waals surface area contributed by atoms with Crippen molar-refractivity contribution in [2.75, 3.05) is 7.11 Å². The molecule has 0 spiro atoms. The topological polar surface area (TPSA) is 81.4 Å². The van der Waals surface area contributed by atoms with Gasteiger partial charge in [-0.1, -0.05) is 0 Å². The smallest absolute Gasteiger partial charge is 0.249 e. The highest BCUT2D eigenvalue weighted by atomic mass is 16.5. The largest absolute Gasteiger partial charge is 0.497 e. The van der Waals surface area contributed by atoms with Crippen LogP contribution in [0.5, 0.6) is 5.75 Å². The summed E-state index contributed by atoms with van der Waals surface area (Å²) in [7, 11) is 1.57. The third-order valence-corrected chi connectivity index (χ3v) is 1.83. The van der Waals surface area contributed by atoms with Crippen molar-refractivity contribution >= 4 is 11.8 Å². The number of carbonyl (C=O) groups is 2. The quantitative estimate of drug-likeness (QED) is 0.758. The second-order valence-electron chi connectivity index (χ2n) is 2.93. The molecule has 1 aliphatic heterocycles.